The number of nitrogens with two attached hydrogens (primary N) is 1. The zero-order valence-electron chi connectivity index (χ0n) is 12.4. The number of carbonyl (C=O) groups is 1. The molecule has 1 aromatic heterocycles. The quantitative estimate of drug-likeness (QED) is 0.616. The lowest BCUT2D eigenvalue weighted by Crippen LogP contribution is -2.05. The summed E-state index contributed by atoms with van der Waals surface area (Å²) in [4.78, 5) is 21.4. The summed E-state index contributed by atoms with van der Waals surface area (Å²) in [5.74, 6) is 0.822. The van der Waals surface area contributed by atoms with Crippen molar-refractivity contribution in [1.82, 2.24) is 9.97 Å². The molecule has 23 heavy (non-hydrogen) atoms. The highest BCUT2D eigenvalue weighted by molar-refractivity contribution is 6.23. The maximum atomic E-state index is 12.8. The summed E-state index contributed by atoms with van der Waals surface area (Å²) >= 11 is 0. The van der Waals surface area contributed by atoms with E-state index in [1.807, 2.05) is 42.5 Å². The lowest BCUT2D eigenvalue weighted by Gasteiger charge is -2.08. The van der Waals surface area contributed by atoms with Crippen molar-refractivity contribution < 1.29 is 9.53 Å². The smallest absolute Gasteiger partial charge is 0.221 e. The first-order valence-corrected chi connectivity index (χ1v) is 7.15. The average Bonchev–Trinajstić information content (AvgIpc) is 2.87. The lowest BCUT2D eigenvalue weighted by atomic mass is 10.0. The number of nitrogen functional groups attached to an aromatic ring is 1. The van der Waals surface area contributed by atoms with Gasteiger partial charge in [-0.05, 0) is 24.3 Å². The van der Waals surface area contributed by atoms with Crippen LogP contribution in [-0.4, -0.2) is 22.9 Å². The van der Waals surface area contributed by atoms with Crippen LogP contribution in [0.1, 0.15) is 15.9 Å². The number of benzene rings is 2. The van der Waals surface area contributed by atoms with Crippen molar-refractivity contribution in [2.24, 2.45) is 0 Å². The largest absolute Gasteiger partial charge is 0.497 e. The van der Waals surface area contributed by atoms with E-state index in [1.54, 1.807) is 13.2 Å². The second-order valence-corrected chi connectivity index (χ2v) is 5.26. The second kappa shape index (κ2) is 4.91. The Morgan fingerprint density at radius 3 is 2.26 bits per heavy atom. The molecule has 112 valence electrons. The minimum absolute atomic E-state index is 0.0681. The Kier molecular flexibility index (Phi) is 2.87. The summed E-state index contributed by atoms with van der Waals surface area (Å²) in [6.45, 7) is 0. The van der Waals surface area contributed by atoms with E-state index in [0.29, 0.717) is 22.5 Å². The topological polar surface area (TPSA) is 78.1 Å². The summed E-state index contributed by atoms with van der Waals surface area (Å²) in [6, 6.07) is 14.8. The van der Waals surface area contributed by atoms with Crippen LogP contribution in [0.25, 0.3) is 22.5 Å². The van der Waals surface area contributed by atoms with Crippen LogP contribution in [0.2, 0.25) is 0 Å². The van der Waals surface area contributed by atoms with Crippen LogP contribution in [0.15, 0.2) is 48.5 Å². The molecule has 0 spiro atoms. The van der Waals surface area contributed by atoms with Gasteiger partial charge in [0.2, 0.25) is 5.95 Å². The highest BCUT2D eigenvalue weighted by atomic mass is 16.5. The fourth-order valence-electron chi connectivity index (χ4n) is 2.87. The first-order chi connectivity index (χ1) is 11.2. The van der Waals surface area contributed by atoms with Gasteiger partial charge in [0.1, 0.15) is 5.75 Å². The molecule has 2 N–H and O–H groups in total. The SMILES string of the molecule is COc1ccc(-c2nc(N)nc3c2C(=O)c2ccccc2-3)cc1. The highest BCUT2D eigenvalue weighted by Crippen LogP contribution is 2.40. The predicted molar refractivity (Wildman–Crippen MR) is 87.3 cm³/mol. The summed E-state index contributed by atoms with van der Waals surface area (Å²) in [5.41, 5.74) is 9.77. The summed E-state index contributed by atoms with van der Waals surface area (Å²) < 4.78 is 5.17. The third-order valence-electron chi connectivity index (χ3n) is 3.94. The van der Waals surface area contributed by atoms with E-state index in [2.05, 4.69) is 9.97 Å². The normalized spacial score (nSPS) is 12.0. The van der Waals surface area contributed by atoms with Crippen molar-refractivity contribution in [3.63, 3.8) is 0 Å². The summed E-state index contributed by atoms with van der Waals surface area (Å²) in [5, 5.41) is 0. The molecule has 0 fully saturated rings. The molecule has 0 aliphatic heterocycles. The van der Waals surface area contributed by atoms with Crippen molar-refractivity contribution in [1.29, 1.82) is 0 Å². The van der Waals surface area contributed by atoms with Crippen LogP contribution in [0.3, 0.4) is 0 Å². The van der Waals surface area contributed by atoms with E-state index in [1.165, 1.54) is 0 Å². The lowest BCUT2D eigenvalue weighted by molar-refractivity contribution is 0.104. The van der Waals surface area contributed by atoms with Crippen LogP contribution in [0.5, 0.6) is 5.75 Å². The van der Waals surface area contributed by atoms with Gasteiger partial charge in [-0.2, -0.15) is 0 Å². The van der Waals surface area contributed by atoms with E-state index in [-0.39, 0.29) is 11.7 Å². The Hall–Kier alpha value is -3.21. The molecule has 1 heterocycles. The number of aromatic nitrogens is 2. The zero-order chi connectivity index (χ0) is 16.0. The number of ketones is 1. The molecule has 2 aromatic carbocycles. The van der Waals surface area contributed by atoms with E-state index in [0.717, 1.165) is 16.9 Å². The van der Waals surface area contributed by atoms with E-state index in [9.17, 15) is 4.79 Å². The van der Waals surface area contributed by atoms with Crippen LogP contribution in [-0.2, 0) is 0 Å². The van der Waals surface area contributed by atoms with Crippen LogP contribution < -0.4 is 10.5 Å². The Labute approximate surface area is 132 Å². The fraction of sp³-hybridized carbons (Fsp3) is 0.0556. The van der Waals surface area contributed by atoms with E-state index >= 15 is 0 Å². The monoisotopic (exact) mass is 303 g/mol. The minimum atomic E-state index is -0.0681. The van der Waals surface area contributed by atoms with Gasteiger partial charge in [-0.3, -0.25) is 4.79 Å². The number of hydrogen-bond acceptors (Lipinski definition) is 5. The van der Waals surface area contributed by atoms with Gasteiger partial charge in [-0.25, -0.2) is 9.97 Å². The van der Waals surface area contributed by atoms with Crippen molar-refractivity contribution in [3.8, 4) is 28.3 Å². The zero-order valence-corrected chi connectivity index (χ0v) is 12.4. The molecule has 4 rings (SSSR count). The number of rotatable bonds is 2. The van der Waals surface area contributed by atoms with Gasteiger partial charge < -0.3 is 10.5 Å². The minimum Gasteiger partial charge on any atom is -0.497 e. The van der Waals surface area contributed by atoms with Gasteiger partial charge in [-0.1, -0.05) is 24.3 Å². The Morgan fingerprint density at radius 1 is 0.913 bits per heavy atom. The standard InChI is InChI=1S/C18H13N3O2/c1-23-11-8-6-10(7-9-11)15-14-16(21-18(19)20-15)12-4-2-3-5-13(12)17(14)22/h2-9H,1H3,(H2,19,20,21). The molecule has 0 saturated heterocycles. The predicted octanol–water partition coefficient (Wildman–Crippen LogP) is 2.95. The number of nitrogens with zero attached hydrogens (tertiary/aromatic N) is 2. The third kappa shape index (κ3) is 1.97. The van der Waals surface area contributed by atoms with Crippen molar-refractivity contribution >= 4 is 11.7 Å². The summed E-state index contributed by atoms with van der Waals surface area (Å²) in [7, 11) is 1.61. The molecule has 0 saturated carbocycles. The second-order valence-electron chi connectivity index (χ2n) is 5.26. The molecule has 5 heteroatoms. The first kappa shape index (κ1) is 13.5. The Bertz CT molecular complexity index is 933. The number of anilines is 1. The summed E-state index contributed by atoms with van der Waals surface area (Å²) in [6.07, 6.45) is 0. The third-order valence-corrected chi connectivity index (χ3v) is 3.94. The Morgan fingerprint density at radius 2 is 1.57 bits per heavy atom. The maximum Gasteiger partial charge on any atom is 0.221 e. The highest BCUT2D eigenvalue weighted by Gasteiger charge is 2.32. The van der Waals surface area contributed by atoms with Crippen molar-refractivity contribution in [2.75, 3.05) is 12.8 Å². The van der Waals surface area contributed by atoms with E-state index in [4.69, 9.17) is 10.5 Å². The first-order valence-electron chi connectivity index (χ1n) is 7.15. The van der Waals surface area contributed by atoms with Gasteiger partial charge in [-0.15, -0.1) is 0 Å². The molecule has 1 aliphatic rings. The molecular weight excluding hydrogens is 290 g/mol. The molecule has 3 aromatic rings. The number of fused-ring (bicyclic) bond motifs is 3. The number of hydrogen-bond donors (Lipinski definition) is 1. The van der Waals surface area contributed by atoms with Crippen LogP contribution in [0.4, 0.5) is 5.95 Å². The van der Waals surface area contributed by atoms with Gasteiger partial charge in [0.05, 0.1) is 24.1 Å². The molecule has 1 aliphatic carbocycles. The van der Waals surface area contributed by atoms with Gasteiger partial charge in [0.25, 0.3) is 0 Å². The van der Waals surface area contributed by atoms with Gasteiger partial charge in [0.15, 0.2) is 5.78 Å². The van der Waals surface area contributed by atoms with Crippen molar-refractivity contribution in [2.45, 2.75) is 0 Å². The van der Waals surface area contributed by atoms with Crippen molar-refractivity contribution in [3.05, 3.63) is 59.7 Å². The number of carbonyl (C=O) groups excluding carboxylic acids is 1. The molecule has 0 radical (unpaired) electrons. The maximum absolute atomic E-state index is 12.8. The molecule has 0 bridgehead atoms. The molecule has 5 nitrogen and oxygen atoms in total. The van der Waals surface area contributed by atoms with Gasteiger partial charge >= 0.3 is 0 Å². The Balaban J connectivity index is 1.97. The molecule has 0 amide bonds. The average molecular weight is 303 g/mol. The number of ether oxygens (including phenoxy) is 1. The van der Waals surface area contributed by atoms with Crippen LogP contribution >= 0.6 is 0 Å². The van der Waals surface area contributed by atoms with Gasteiger partial charge in [0, 0.05) is 16.7 Å². The molecular formula is C18H13N3O2. The van der Waals surface area contributed by atoms with E-state index < -0.39 is 0 Å². The van der Waals surface area contributed by atoms with Crippen LogP contribution in [0, 0.1) is 0 Å². The fourth-order valence-corrected chi connectivity index (χ4v) is 2.87. The molecule has 0 atom stereocenters. The number of methoxy groups -OCH3 is 1. The molecule has 0 unspecified atom stereocenters.